The molecule has 1 aromatic carbocycles. The first-order chi connectivity index (χ1) is 7.67. The van der Waals surface area contributed by atoms with E-state index in [-0.39, 0.29) is 11.1 Å². The fourth-order valence-corrected chi connectivity index (χ4v) is 1.84. The maximum atomic E-state index is 11.6. The van der Waals surface area contributed by atoms with E-state index in [1.165, 1.54) is 7.11 Å². The van der Waals surface area contributed by atoms with E-state index in [0.717, 1.165) is 0 Å². The molecule has 80 valence electrons. The van der Waals surface area contributed by atoms with Gasteiger partial charge in [-0.2, -0.15) is 5.26 Å². The minimum absolute atomic E-state index is 0.185. The molecule has 0 spiro atoms. The molecule has 0 unspecified atom stereocenters. The molecule has 1 heterocycles. The van der Waals surface area contributed by atoms with Gasteiger partial charge in [0.25, 0.3) is 0 Å². The number of ether oxygens (including phenoxy) is 1. The molecule has 0 bridgehead atoms. The predicted molar refractivity (Wildman–Crippen MR) is 59.8 cm³/mol. The number of benzene rings is 1. The molecule has 6 heteroatoms. The van der Waals surface area contributed by atoms with Crippen molar-refractivity contribution in [2.75, 3.05) is 7.11 Å². The molecule has 0 aliphatic carbocycles. The number of carbonyl (C=O) groups is 1. The van der Waals surface area contributed by atoms with Gasteiger partial charge in [0.1, 0.15) is 17.1 Å². The van der Waals surface area contributed by atoms with Crippen LogP contribution >= 0.6 is 15.9 Å². The lowest BCUT2D eigenvalue weighted by Gasteiger charge is -2.01. The Kier molecular flexibility index (Phi) is 2.62. The first-order valence-corrected chi connectivity index (χ1v) is 5.13. The maximum absolute atomic E-state index is 11.6. The molecule has 0 aliphatic heterocycles. The van der Waals surface area contributed by atoms with Crippen LogP contribution in [0.25, 0.3) is 11.0 Å². The van der Waals surface area contributed by atoms with E-state index >= 15 is 0 Å². The van der Waals surface area contributed by atoms with Gasteiger partial charge in [0.15, 0.2) is 4.73 Å². The predicted octanol–water partition coefficient (Wildman–Crippen LogP) is 1.98. The Balaban J connectivity index is 2.83. The smallest absolute Gasteiger partial charge is 0.341 e. The van der Waals surface area contributed by atoms with E-state index in [0.29, 0.717) is 15.8 Å². The van der Waals surface area contributed by atoms with Crippen molar-refractivity contribution in [2.24, 2.45) is 0 Å². The second-order valence-corrected chi connectivity index (χ2v) is 3.77. The lowest BCUT2D eigenvalue weighted by Crippen LogP contribution is -2.05. The summed E-state index contributed by atoms with van der Waals surface area (Å²) >= 11 is 3.17. The number of aromatic nitrogens is 2. The summed E-state index contributed by atoms with van der Waals surface area (Å²) in [6.07, 6.45) is 0. The number of fused-ring (bicyclic) bond motifs is 1. The highest BCUT2D eigenvalue weighted by atomic mass is 79.9. The number of nitrogens with zero attached hydrogens (tertiary/aromatic N) is 2. The molecule has 0 radical (unpaired) electrons. The van der Waals surface area contributed by atoms with Crippen LogP contribution in [0.15, 0.2) is 16.9 Å². The molecular formula is C10H6BrN3O2. The van der Waals surface area contributed by atoms with Gasteiger partial charge in [0.05, 0.1) is 18.2 Å². The quantitative estimate of drug-likeness (QED) is 0.810. The average molecular weight is 280 g/mol. The molecular weight excluding hydrogens is 274 g/mol. The molecule has 0 saturated carbocycles. The van der Waals surface area contributed by atoms with Crippen molar-refractivity contribution in [3.63, 3.8) is 0 Å². The lowest BCUT2D eigenvalue weighted by atomic mass is 10.1. The van der Waals surface area contributed by atoms with Crippen LogP contribution in [-0.2, 0) is 4.74 Å². The van der Waals surface area contributed by atoms with Gasteiger partial charge < -0.3 is 9.72 Å². The zero-order valence-corrected chi connectivity index (χ0v) is 9.83. The van der Waals surface area contributed by atoms with Gasteiger partial charge in [-0.3, -0.25) is 0 Å². The van der Waals surface area contributed by atoms with Crippen LogP contribution in [0, 0.1) is 11.3 Å². The van der Waals surface area contributed by atoms with E-state index in [1.807, 2.05) is 6.07 Å². The van der Waals surface area contributed by atoms with Gasteiger partial charge in [-0.05, 0) is 28.1 Å². The number of aromatic amines is 1. The molecule has 0 amide bonds. The Morgan fingerprint density at radius 2 is 2.38 bits per heavy atom. The molecule has 1 N–H and O–H groups in total. The largest absolute Gasteiger partial charge is 0.465 e. The summed E-state index contributed by atoms with van der Waals surface area (Å²) in [5, 5.41) is 8.92. The maximum Gasteiger partial charge on any atom is 0.341 e. The molecule has 1 aromatic heterocycles. The van der Waals surface area contributed by atoms with Gasteiger partial charge in [-0.15, -0.1) is 0 Å². The Bertz CT molecular complexity index is 612. The third-order valence-electron chi connectivity index (χ3n) is 2.14. The van der Waals surface area contributed by atoms with Crippen LogP contribution in [0.5, 0.6) is 0 Å². The van der Waals surface area contributed by atoms with Gasteiger partial charge in [0, 0.05) is 0 Å². The van der Waals surface area contributed by atoms with Crippen molar-refractivity contribution in [1.82, 2.24) is 9.97 Å². The highest BCUT2D eigenvalue weighted by Crippen LogP contribution is 2.22. The number of carbonyl (C=O) groups excluding carboxylic acids is 1. The number of rotatable bonds is 1. The fourth-order valence-electron chi connectivity index (χ4n) is 1.45. The fraction of sp³-hybridized carbons (Fsp3) is 0.100. The summed E-state index contributed by atoms with van der Waals surface area (Å²) in [5.74, 6) is -0.568. The molecule has 2 aromatic rings. The second-order valence-electron chi connectivity index (χ2n) is 3.02. The summed E-state index contributed by atoms with van der Waals surface area (Å²) in [5.41, 5.74) is 1.53. The summed E-state index contributed by atoms with van der Waals surface area (Å²) < 4.78 is 5.14. The van der Waals surface area contributed by atoms with Crippen molar-refractivity contribution in [2.45, 2.75) is 0 Å². The monoisotopic (exact) mass is 279 g/mol. The van der Waals surface area contributed by atoms with Gasteiger partial charge >= 0.3 is 5.97 Å². The van der Waals surface area contributed by atoms with Gasteiger partial charge in [0.2, 0.25) is 0 Å². The van der Waals surface area contributed by atoms with Crippen LogP contribution in [0.1, 0.15) is 15.9 Å². The van der Waals surface area contributed by atoms with Crippen molar-refractivity contribution >= 4 is 32.9 Å². The topological polar surface area (TPSA) is 78.8 Å². The number of esters is 1. The van der Waals surface area contributed by atoms with Crippen molar-refractivity contribution in [3.8, 4) is 6.07 Å². The van der Waals surface area contributed by atoms with Crippen molar-refractivity contribution in [3.05, 3.63) is 28.0 Å². The zero-order chi connectivity index (χ0) is 11.7. The zero-order valence-electron chi connectivity index (χ0n) is 8.24. The Morgan fingerprint density at radius 1 is 1.62 bits per heavy atom. The summed E-state index contributed by atoms with van der Waals surface area (Å²) in [7, 11) is 1.27. The Labute approximate surface area is 99.2 Å². The number of hydrogen-bond donors (Lipinski definition) is 1. The number of nitrogens with one attached hydrogen (secondary N) is 1. The van der Waals surface area contributed by atoms with Gasteiger partial charge in [-0.1, -0.05) is 0 Å². The van der Waals surface area contributed by atoms with E-state index in [4.69, 9.17) is 5.26 Å². The van der Waals surface area contributed by atoms with Crippen molar-refractivity contribution in [1.29, 1.82) is 5.26 Å². The third-order valence-corrected chi connectivity index (χ3v) is 2.51. The van der Waals surface area contributed by atoms with Crippen LogP contribution in [0.4, 0.5) is 0 Å². The van der Waals surface area contributed by atoms with E-state index in [1.54, 1.807) is 12.1 Å². The van der Waals surface area contributed by atoms with Crippen LogP contribution in [0.2, 0.25) is 0 Å². The molecule has 16 heavy (non-hydrogen) atoms. The van der Waals surface area contributed by atoms with E-state index in [2.05, 4.69) is 30.6 Å². The minimum Gasteiger partial charge on any atom is -0.465 e. The number of nitriles is 1. The molecule has 5 nitrogen and oxygen atoms in total. The number of halogens is 1. The van der Waals surface area contributed by atoms with E-state index < -0.39 is 5.97 Å². The minimum atomic E-state index is -0.568. The van der Waals surface area contributed by atoms with Gasteiger partial charge in [-0.25, -0.2) is 9.78 Å². The second kappa shape index (κ2) is 3.94. The SMILES string of the molecule is COC(=O)c1c(C#N)ccc2[nH]c(Br)nc12. The molecule has 0 fully saturated rings. The first-order valence-electron chi connectivity index (χ1n) is 4.34. The third kappa shape index (κ3) is 1.55. The molecule has 2 rings (SSSR count). The Morgan fingerprint density at radius 3 is 3.00 bits per heavy atom. The van der Waals surface area contributed by atoms with Crippen molar-refractivity contribution < 1.29 is 9.53 Å². The first kappa shape index (κ1) is 10.6. The van der Waals surface area contributed by atoms with Crippen LogP contribution < -0.4 is 0 Å². The van der Waals surface area contributed by atoms with E-state index in [9.17, 15) is 4.79 Å². The Hall–Kier alpha value is -1.87. The lowest BCUT2D eigenvalue weighted by molar-refractivity contribution is 0.0602. The number of methoxy groups -OCH3 is 1. The number of hydrogen-bond acceptors (Lipinski definition) is 4. The van der Waals surface area contributed by atoms with Crippen LogP contribution in [-0.4, -0.2) is 23.0 Å². The summed E-state index contributed by atoms with van der Waals surface area (Å²) in [4.78, 5) is 18.6. The molecule has 0 aliphatic rings. The highest BCUT2D eigenvalue weighted by Gasteiger charge is 2.18. The average Bonchev–Trinajstić information content (AvgIpc) is 2.66. The van der Waals surface area contributed by atoms with Crippen LogP contribution in [0.3, 0.4) is 0 Å². The number of H-pyrrole nitrogens is 1. The highest BCUT2D eigenvalue weighted by molar-refractivity contribution is 9.10. The summed E-state index contributed by atoms with van der Waals surface area (Å²) in [6.45, 7) is 0. The standard InChI is InChI=1S/C10H6BrN3O2/c1-16-9(15)7-5(4-12)2-3-6-8(7)14-10(11)13-6/h2-3H,1H3,(H,13,14). The normalized spacial score (nSPS) is 10.1. The molecule has 0 atom stereocenters. The number of imidazole rings is 1. The summed E-state index contributed by atoms with van der Waals surface area (Å²) in [6, 6.07) is 5.19. The molecule has 0 saturated heterocycles.